The predicted molar refractivity (Wildman–Crippen MR) is 100 cm³/mol. The fourth-order valence-corrected chi connectivity index (χ4v) is 3.29. The Morgan fingerprint density at radius 3 is 2.58 bits per heavy atom. The van der Waals surface area contributed by atoms with E-state index in [2.05, 4.69) is 44.0 Å². The van der Waals surface area contributed by atoms with E-state index in [0.29, 0.717) is 11.3 Å². The minimum absolute atomic E-state index is 0.375. The first-order chi connectivity index (χ1) is 12.7. The number of nitrogens with zero attached hydrogens (tertiary/aromatic N) is 3. The second kappa shape index (κ2) is 7.05. The van der Waals surface area contributed by atoms with E-state index in [-0.39, 0.29) is 0 Å². The molecule has 0 aliphatic carbocycles. The lowest BCUT2D eigenvalue weighted by Crippen LogP contribution is -2.46. The van der Waals surface area contributed by atoms with Crippen molar-refractivity contribution in [3.05, 3.63) is 54.1 Å². The number of carbonyl (C=O) groups excluding carboxylic acids is 1. The van der Waals surface area contributed by atoms with Crippen LogP contribution < -0.4 is 15.4 Å². The first-order valence-electron chi connectivity index (χ1n) is 8.66. The Labute approximate surface area is 151 Å². The van der Waals surface area contributed by atoms with E-state index in [1.807, 2.05) is 12.1 Å². The Bertz CT molecular complexity index is 901. The van der Waals surface area contributed by atoms with E-state index in [1.54, 1.807) is 12.1 Å². The third-order valence-corrected chi connectivity index (χ3v) is 4.59. The molecule has 0 unspecified atom stereocenters. The molecule has 26 heavy (non-hydrogen) atoms. The second-order valence-corrected chi connectivity index (χ2v) is 6.38. The van der Waals surface area contributed by atoms with Crippen LogP contribution in [0.5, 0.6) is 5.75 Å². The molecule has 7 nitrogen and oxygen atoms in total. The van der Waals surface area contributed by atoms with Crippen LogP contribution in [0.1, 0.15) is 5.56 Å². The zero-order valence-electron chi connectivity index (χ0n) is 14.4. The van der Waals surface area contributed by atoms with Crippen molar-refractivity contribution < 1.29 is 9.53 Å². The molecule has 7 heteroatoms. The number of fused-ring (bicyclic) bond motifs is 1. The number of H-pyrrole nitrogens is 1. The Kier molecular flexibility index (Phi) is 4.45. The van der Waals surface area contributed by atoms with Crippen LogP contribution in [0.15, 0.2) is 48.5 Å². The van der Waals surface area contributed by atoms with Gasteiger partial charge in [-0.15, -0.1) is 0 Å². The number of aromatic amines is 1. The molecule has 1 saturated heterocycles. The molecular weight excluding hydrogens is 330 g/mol. The molecule has 3 aromatic rings. The lowest BCUT2D eigenvalue weighted by Gasteiger charge is -2.34. The number of nitrogens with two attached hydrogens (primary N) is 1. The summed E-state index contributed by atoms with van der Waals surface area (Å²) < 4.78 is 5.04. The summed E-state index contributed by atoms with van der Waals surface area (Å²) in [6, 6.07) is 15.9. The molecule has 0 radical (unpaired) electrons. The Morgan fingerprint density at radius 2 is 1.85 bits per heavy atom. The lowest BCUT2D eigenvalue weighted by molar-refractivity contribution is 0.211. The van der Waals surface area contributed by atoms with Crippen LogP contribution >= 0.6 is 0 Å². The highest BCUT2D eigenvalue weighted by atomic mass is 16.5. The van der Waals surface area contributed by atoms with Crippen molar-refractivity contribution in [2.24, 2.45) is 5.73 Å². The van der Waals surface area contributed by atoms with Gasteiger partial charge in [0.15, 0.2) is 5.75 Å². The number of anilines is 1. The monoisotopic (exact) mass is 351 g/mol. The molecule has 1 amide bonds. The highest BCUT2D eigenvalue weighted by Gasteiger charge is 2.20. The maximum absolute atomic E-state index is 11.1. The molecule has 0 atom stereocenters. The van der Waals surface area contributed by atoms with Crippen LogP contribution in [0.3, 0.4) is 0 Å². The van der Waals surface area contributed by atoms with Crippen LogP contribution in [0.25, 0.3) is 11.0 Å². The molecule has 4 rings (SSSR count). The number of carbonyl (C=O) groups is 1. The third-order valence-electron chi connectivity index (χ3n) is 4.59. The van der Waals surface area contributed by atoms with E-state index < -0.39 is 6.09 Å². The molecule has 1 aromatic heterocycles. The molecule has 0 spiro atoms. The molecule has 134 valence electrons. The summed E-state index contributed by atoms with van der Waals surface area (Å²) in [5, 5.41) is 0. The van der Waals surface area contributed by atoms with E-state index in [0.717, 1.165) is 44.2 Å². The number of para-hydroxylation sites is 1. The number of aromatic nitrogens is 2. The maximum Gasteiger partial charge on any atom is 0.410 e. The first kappa shape index (κ1) is 16.4. The molecule has 2 aromatic carbocycles. The van der Waals surface area contributed by atoms with Crippen LogP contribution in [0.2, 0.25) is 0 Å². The van der Waals surface area contributed by atoms with E-state index in [1.165, 1.54) is 5.56 Å². The summed E-state index contributed by atoms with van der Waals surface area (Å²) in [6.07, 6.45) is -0.837. The fourth-order valence-electron chi connectivity index (χ4n) is 3.29. The average Bonchev–Trinajstić information content (AvgIpc) is 3.08. The SMILES string of the molecule is NC(=O)Oc1cccc2[nH]c(N3CCN(Cc4ccccc4)CC3)nc12. The van der Waals surface area contributed by atoms with Crippen LogP contribution in [-0.2, 0) is 6.54 Å². The predicted octanol–water partition coefficient (Wildman–Crippen LogP) is 2.34. The summed E-state index contributed by atoms with van der Waals surface area (Å²) in [7, 11) is 0. The number of benzene rings is 2. The summed E-state index contributed by atoms with van der Waals surface area (Å²) >= 11 is 0. The summed E-state index contributed by atoms with van der Waals surface area (Å²) in [4.78, 5) is 23.6. The van der Waals surface area contributed by atoms with Gasteiger partial charge < -0.3 is 20.4 Å². The summed E-state index contributed by atoms with van der Waals surface area (Å²) in [5.41, 5.74) is 7.90. The normalized spacial score (nSPS) is 15.3. The van der Waals surface area contributed by atoms with Crippen LogP contribution in [0.4, 0.5) is 10.7 Å². The van der Waals surface area contributed by atoms with Crippen molar-refractivity contribution in [1.82, 2.24) is 14.9 Å². The number of nitrogens with one attached hydrogen (secondary N) is 1. The number of imidazole rings is 1. The van der Waals surface area contributed by atoms with Crippen molar-refractivity contribution in [3.63, 3.8) is 0 Å². The van der Waals surface area contributed by atoms with Gasteiger partial charge in [-0.1, -0.05) is 36.4 Å². The van der Waals surface area contributed by atoms with Gasteiger partial charge in [0.05, 0.1) is 5.52 Å². The lowest BCUT2D eigenvalue weighted by atomic mass is 10.2. The van der Waals surface area contributed by atoms with E-state index >= 15 is 0 Å². The third kappa shape index (κ3) is 3.48. The van der Waals surface area contributed by atoms with Gasteiger partial charge in [-0.2, -0.15) is 0 Å². The Hall–Kier alpha value is -3.06. The van der Waals surface area contributed by atoms with Crippen molar-refractivity contribution in [2.75, 3.05) is 31.1 Å². The molecule has 2 heterocycles. The highest BCUT2D eigenvalue weighted by molar-refractivity contribution is 5.86. The van der Waals surface area contributed by atoms with Gasteiger partial charge in [0.2, 0.25) is 5.95 Å². The molecule has 1 aliphatic rings. The number of amides is 1. The van der Waals surface area contributed by atoms with Crippen molar-refractivity contribution in [2.45, 2.75) is 6.54 Å². The second-order valence-electron chi connectivity index (χ2n) is 6.38. The molecule has 0 bridgehead atoms. The molecule has 1 aliphatic heterocycles. The largest absolute Gasteiger partial charge is 0.410 e. The van der Waals surface area contributed by atoms with Gasteiger partial charge in [0.25, 0.3) is 0 Å². The van der Waals surface area contributed by atoms with Gasteiger partial charge in [-0.3, -0.25) is 4.90 Å². The van der Waals surface area contributed by atoms with Crippen LogP contribution in [-0.4, -0.2) is 47.1 Å². The minimum Gasteiger partial charge on any atom is -0.408 e. The molecular formula is C19H21N5O2. The fraction of sp³-hybridized carbons (Fsp3) is 0.263. The maximum atomic E-state index is 11.1. The molecule has 3 N–H and O–H groups in total. The van der Waals surface area contributed by atoms with Gasteiger partial charge >= 0.3 is 6.09 Å². The van der Waals surface area contributed by atoms with E-state index in [4.69, 9.17) is 10.5 Å². The number of piperazine rings is 1. The van der Waals surface area contributed by atoms with Gasteiger partial charge in [0, 0.05) is 32.7 Å². The standard InChI is InChI=1S/C19H21N5O2/c20-18(25)26-16-8-4-7-15-17(16)22-19(21-15)24-11-9-23(10-12-24)13-14-5-2-1-3-6-14/h1-8H,9-13H2,(H2,20,25)(H,21,22). The summed E-state index contributed by atoms with van der Waals surface area (Å²) in [6.45, 7) is 4.68. The summed E-state index contributed by atoms with van der Waals surface area (Å²) in [5.74, 6) is 1.17. The number of ether oxygens (including phenoxy) is 1. The number of rotatable bonds is 4. The Balaban J connectivity index is 1.45. The number of hydrogen-bond donors (Lipinski definition) is 2. The topological polar surface area (TPSA) is 87.5 Å². The zero-order chi connectivity index (χ0) is 17.9. The zero-order valence-corrected chi connectivity index (χ0v) is 14.4. The Morgan fingerprint density at radius 1 is 1.08 bits per heavy atom. The van der Waals surface area contributed by atoms with Crippen molar-refractivity contribution >= 4 is 23.1 Å². The quantitative estimate of drug-likeness (QED) is 0.753. The number of primary amides is 1. The van der Waals surface area contributed by atoms with Crippen LogP contribution in [0, 0.1) is 0 Å². The van der Waals surface area contributed by atoms with Gasteiger partial charge in [-0.25, -0.2) is 9.78 Å². The van der Waals surface area contributed by atoms with E-state index in [9.17, 15) is 4.79 Å². The molecule has 0 saturated carbocycles. The highest BCUT2D eigenvalue weighted by Crippen LogP contribution is 2.27. The van der Waals surface area contributed by atoms with Gasteiger partial charge in [-0.05, 0) is 17.7 Å². The van der Waals surface area contributed by atoms with Gasteiger partial charge in [0.1, 0.15) is 5.52 Å². The minimum atomic E-state index is -0.837. The average molecular weight is 351 g/mol. The number of hydrogen-bond acceptors (Lipinski definition) is 5. The van der Waals surface area contributed by atoms with Crippen molar-refractivity contribution in [1.29, 1.82) is 0 Å². The smallest absolute Gasteiger partial charge is 0.408 e. The first-order valence-corrected chi connectivity index (χ1v) is 8.66. The van der Waals surface area contributed by atoms with Crippen molar-refractivity contribution in [3.8, 4) is 5.75 Å². The molecule has 1 fully saturated rings.